The molecule has 2 amide bonds. The molecule has 3 atom stereocenters. The van der Waals surface area contributed by atoms with E-state index >= 15 is 0 Å². The summed E-state index contributed by atoms with van der Waals surface area (Å²) in [6.07, 6.45) is 3.44. The van der Waals surface area contributed by atoms with Crippen molar-refractivity contribution in [3.05, 3.63) is 78.4 Å². The number of nitrogens with zero attached hydrogens (tertiary/aromatic N) is 4. The summed E-state index contributed by atoms with van der Waals surface area (Å²) in [7, 11) is -2.35. The minimum Gasteiger partial charge on any atom is -0.486 e. The van der Waals surface area contributed by atoms with Crippen LogP contribution in [0.4, 0.5) is 5.69 Å². The molecule has 4 rings (SSSR count). The number of hydrogen-bond donors (Lipinski definition) is 2. The van der Waals surface area contributed by atoms with Crippen LogP contribution in [0.15, 0.2) is 72.0 Å². The topological polar surface area (TPSA) is 142 Å². The van der Waals surface area contributed by atoms with Crippen LogP contribution in [0, 0.1) is 5.92 Å². The Labute approximate surface area is 227 Å². The van der Waals surface area contributed by atoms with Crippen LogP contribution < -0.4 is 10.1 Å². The van der Waals surface area contributed by atoms with Gasteiger partial charge in [0.05, 0.1) is 41.5 Å². The van der Waals surface area contributed by atoms with E-state index in [1.165, 1.54) is 42.1 Å². The fourth-order valence-corrected chi connectivity index (χ4v) is 5.49. The molecule has 0 unspecified atom stereocenters. The Morgan fingerprint density at radius 3 is 2.62 bits per heavy atom. The van der Waals surface area contributed by atoms with E-state index in [4.69, 9.17) is 4.74 Å². The molecule has 0 saturated carbocycles. The highest BCUT2D eigenvalue weighted by atomic mass is 32.2. The molecule has 0 radical (unpaired) electrons. The number of nitrogens with one attached hydrogen (secondary N) is 1. The molecular formula is C27H31N5O6S. The highest BCUT2D eigenvalue weighted by Crippen LogP contribution is 2.35. The number of aromatic nitrogens is 2. The van der Waals surface area contributed by atoms with Crippen molar-refractivity contribution in [2.24, 2.45) is 5.92 Å². The first-order valence-corrected chi connectivity index (χ1v) is 13.9. The number of carbonyl (C=O) groups is 2. The Bertz CT molecular complexity index is 1420. The number of fused-ring (bicyclic) bond motifs is 1. The molecule has 12 heteroatoms. The van der Waals surface area contributed by atoms with Crippen LogP contribution in [0.3, 0.4) is 0 Å². The summed E-state index contributed by atoms with van der Waals surface area (Å²) in [5.41, 5.74) is 0.472. The van der Waals surface area contributed by atoms with Crippen LogP contribution in [-0.2, 0) is 10.0 Å². The van der Waals surface area contributed by atoms with Crippen LogP contribution in [-0.4, -0.2) is 83.4 Å². The predicted octanol–water partition coefficient (Wildman–Crippen LogP) is 2.27. The first-order valence-electron chi connectivity index (χ1n) is 12.4. The number of aliphatic hydroxyl groups excluding tert-OH is 1. The van der Waals surface area contributed by atoms with Gasteiger partial charge in [-0.2, -0.15) is 4.31 Å². The second kappa shape index (κ2) is 11.9. The van der Waals surface area contributed by atoms with Gasteiger partial charge < -0.3 is 20.1 Å². The Kier molecular flexibility index (Phi) is 8.58. The number of sulfonamides is 1. The summed E-state index contributed by atoms with van der Waals surface area (Å²) in [6, 6.07) is 12.4. The highest BCUT2D eigenvalue weighted by Gasteiger charge is 2.36. The maximum absolute atomic E-state index is 13.6. The Morgan fingerprint density at radius 2 is 1.95 bits per heavy atom. The lowest BCUT2D eigenvalue weighted by atomic mass is 9.99. The van der Waals surface area contributed by atoms with Crippen molar-refractivity contribution < 1.29 is 27.9 Å². The summed E-state index contributed by atoms with van der Waals surface area (Å²) in [4.78, 5) is 36.1. The van der Waals surface area contributed by atoms with Crippen molar-refractivity contribution in [1.29, 1.82) is 0 Å². The SMILES string of the molecule is C[C@H](CO)N1C[C@H](C)[C@H](CN(C)S(=O)(=O)c2ccccc2)Oc2c(NC(=O)c3cnccn3)cccc2C1=O. The van der Waals surface area contributed by atoms with Gasteiger partial charge in [0.1, 0.15) is 11.8 Å². The molecule has 1 aliphatic rings. The molecule has 0 spiro atoms. The van der Waals surface area contributed by atoms with Crippen molar-refractivity contribution in [2.45, 2.75) is 30.9 Å². The number of anilines is 1. The number of carbonyl (C=O) groups excluding carboxylic acids is 2. The first-order chi connectivity index (χ1) is 18.6. The van der Waals surface area contributed by atoms with Gasteiger partial charge in [0.25, 0.3) is 11.8 Å². The molecule has 3 aromatic rings. The standard InChI is InChI=1S/C27H31N5O6S/c1-18-15-32(19(2)17-33)27(35)21-10-7-11-22(30-26(34)23-14-28-12-13-29-23)25(21)38-24(18)16-31(3)39(36,37)20-8-5-4-6-9-20/h4-14,18-19,24,33H,15-17H2,1-3H3,(H,30,34)/t18-,19+,24-/m0/s1. The van der Waals surface area contributed by atoms with Crippen LogP contribution in [0.5, 0.6) is 5.75 Å². The molecule has 0 saturated heterocycles. The second-order valence-electron chi connectivity index (χ2n) is 9.45. The van der Waals surface area contributed by atoms with Gasteiger partial charge in [-0.15, -0.1) is 0 Å². The number of benzene rings is 2. The van der Waals surface area contributed by atoms with Crippen LogP contribution in [0.25, 0.3) is 0 Å². The maximum atomic E-state index is 13.6. The van der Waals surface area contributed by atoms with Gasteiger partial charge in [0, 0.05) is 31.9 Å². The van der Waals surface area contributed by atoms with Gasteiger partial charge in [-0.3, -0.25) is 14.6 Å². The van der Waals surface area contributed by atoms with Gasteiger partial charge in [-0.25, -0.2) is 13.4 Å². The molecule has 39 heavy (non-hydrogen) atoms. The molecule has 11 nitrogen and oxygen atoms in total. The third kappa shape index (κ3) is 6.08. The lowest BCUT2D eigenvalue weighted by molar-refractivity contribution is 0.0388. The summed E-state index contributed by atoms with van der Waals surface area (Å²) in [6.45, 7) is 3.52. The molecule has 2 aromatic carbocycles. The number of rotatable bonds is 8. The summed E-state index contributed by atoms with van der Waals surface area (Å²) < 4.78 is 34.1. The minimum absolute atomic E-state index is 0.0280. The quantitative estimate of drug-likeness (QED) is 0.433. The Hall–Kier alpha value is -3.87. The van der Waals surface area contributed by atoms with Crippen molar-refractivity contribution in [2.75, 3.05) is 32.1 Å². The molecule has 0 aliphatic carbocycles. The monoisotopic (exact) mass is 553 g/mol. The highest BCUT2D eigenvalue weighted by molar-refractivity contribution is 7.89. The molecule has 0 bridgehead atoms. The van der Waals surface area contributed by atoms with E-state index in [0.29, 0.717) is 0 Å². The van der Waals surface area contributed by atoms with Crippen molar-refractivity contribution in [3.63, 3.8) is 0 Å². The van der Waals surface area contributed by atoms with E-state index in [1.54, 1.807) is 48.2 Å². The van der Waals surface area contributed by atoms with E-state index in [0.717, 1.165) is 0 Å². The van der Waals surface area contributed by atoms with Crippen molar-refractivity contribution in [1.82, 2.24) is 19.2 Å². The van der Waals surface area contributed by atoms with E-state index < -0.39 is 28.1 Å². The third-order valence-electron chi connectivity index (χ3n) is 6.62. The van der Waals surface area contributed by atoms with Crippen molar-refractivity contribution in [3.8, 4) is 5.75 Å². The van der Waals surface area contributed by atoms with Gasteiger partial charge in [0.2, 0.25) is 10.0 Å². The average molecular weight is 554 g/mol. The number of ether oxygens (including phenoxy) is 1. The smallest absolute Gasteiger partial charge is 0.275 e. The summed E-state index contributed by atoms with van der Waals surface area (Å²) in [5.74, 6) is -1.16. The van der Waals surface area contributed by atoms with Gasteiger partial charge in [-0.1, -0.05) is 31.2 Å². The third-order valence-corrected chi connectivity index (χ3v) is 8.46. The summed E-state index contributed by atoms with van der Waals surface area (Å²) >= 11 is 0. The molecule has 1 aromatic heterocycles. The van der Waals surface area contributed by atoms with E-state index in [9.17, 15) is 23.1 Å². The van der Waals surface area contributed by atoms with E-state index in [-0.39, 0.29) is 59.1 Å². The first kappa shape index (κ1) is 28.1. The van der Waals surface area contributed by atoms with E-state index in [1.807, 2.05) is 6.92 Å². The fraction of sp³-hybridized carbons (Fsp3) is 0.333. The molecule has 206 valence electrons. The van der Waals surface area contributed by atoms with E-state index in [2.05, 4.69) is 15.3 Å². The van der Waals surface area contributed by atoms with Crippen molar-refractivity contribution >= 4 is 27.5 Å². The lowest BCUT2D eigenvalue weighted by Crippen LogP contribution is -2.50. The molecular weight excluding hydrogens is 522 g/mol. The van der Waals surface area contributed by atoms with Gasteiger partial charge in [0.15, 0.2) is 5.75 Å². The molecule has 2 heterocycles. The largest absolute Gasteiger partial charge is 0.486 e. The number of aliphatic hydroxyl groups is 1. The molecule has 0 fully saturated rings. The van der Waals surface area contributed by atoms with Crippen LogP contribution in [0.1, 0.15) is 34.7 Å². The average Bonchev–Trinajstić information content (AvgIpc) is 2.95. The number of likely N-dealkylation sites (N-methyl/N-ethyl adjacent to an activating group) is 1. The van der Waals surface area contributed by atoms with Crippen LogP contribution in [0.2, 0.25) is 0 Å². The predicted molar refractivity (Wildman–Crippen MR) is 144 cm³/mol. The minimum atomic E-state index is -3.82. The Balaban J connectivity index is 1.73. The fourth-order valence-electron chi connectivity index (χ4n) is 4.29. The lowest BCUT2D eigenvalue weighted by Gasteiger charge is -2.38. The molecule has 1 aliphatic heterocycles. The zero-order chi connectivity index (χ0) is 28.2. The maximum Gasteiger partial charge on any atom is 0.275 e. The van der Waals surface area contributed by atoms with Crippen LogP contribution >= 0.6 is 0 Å². The number of para-hydroxylation sites is 1. The number of amides is 2. The van der Waals surface area contributed by atoms with Gasteiger partial charge >= 0.3 is 0 Å². The zero-order valence-electron chi connectivity index (χ0n) is 21.9. The van der Waals surface area contributed by atoms with Gasteiger partial charge in [-0.05, 0) is 31.2 Å². The molecule has 2 N–H and O–H groups in total. The summed E-state index contributed by atoms with van der Waals surface area (Å²) in [5, 5.41) is 12.6. The second-order valence-corrected chi connectivity index (χ2v) is 11.5. The normalized spacial score (nSPS) is 18.5. The zero-order valence-corrected chi connectivity index (χ0v) is 22.7. The Morgan fingerprint density at radius 1 is 1.21 bits per heavy atom. The number of hydrogen-bond acceptors (Lipinski definition) is 8.